The third kappa shape index (κ3) is 7.51. The van der Waals surface area contributed by atoms with E-state index in [1.54, 1.807) is 9.80 Å². The zero-order chi connectivity index (χ0) is 29.9. The molecule has 4 rings (SSSR count). The Morgan fingerprint density at radius 3 is 2.44 bits per heavy atom. The fraction of sp³-hybridized carbons (Fsp3) is 0.531. The number of nitrogens with two attached hydrogens (primary N) is 1. The number of likely N-dealkylation sites (tertiary alicyclic amines) is 1. The molecule has 0 aliphatic carbocycles. The first-order chi connectivity index (χ1) is 19.2. The summed E-state index contributed by atoms with van der Waals surface area (Å²) in [5.41, 5.74) is 9.21. The van der Waals surface area contributed by atoms with Crippen LogP contribution in [0.2, 0.25) is 0 Å². The fourth-order valence-corrected chi connectivity index (χ4v) is 5.11. The summed E-state index contributed by atoms with van der Waals surface area (Å²) in [6, 6.07) is 15.6. The standard InChI is InChI=1S/C32H45N5O4/c1-22(31(2,3)4)36(29(38)40-21-23-12-9-8-10-13-23)19-24-15-16-27-26(18-24)34-28(33)37(27)20-25-14-11-17-35(25)30(39)41-32(5,6)7/h8-10,12-13,15-16,18,22,25H,11,14,17,19-21H2,1-7H3,(H2,33,34)/t22-,25+/m0/s1. The Morgan fingerprint density at radius 2 is 1.78 bits per heavy atom. The summed E-state index contributed by atoms with van der Waals surface area (Å²) in [7, 11) is 0. The molecule has 9 heteroatoms. The number of benzene rings is 2. The molecule has 0 radical (unpaired) electrons. The molecule has 1 aliphatic heterocycles. The Balaban J connectivity index is 1.52. The highest BCUT2D eigenvalue weighted by molar-refractivity contribution is 5.79. The van der Waals surface area contributed by atoms with Gasteiger partial charge in [-0.15, -0.1) is 0 Å². The zero-order valence-corrected chi connectivity index (χ0v) is 25.5. The van der Waals surface area contributed by atoms with Crippen molar-refractivity contribution in [3.63, 3.8) is 0 Å². The first kappa shape index (κ1) is 30.2. The van der Waals surface area contributed by atoms with Crippen LogP contribution in [0.4, 0.5) is 15.5 Å². The van der Waals surface area contributed by atoms with Crippen molar-refractivity contribution in [1.82, 2.24) is 19.4 Å². The summed E-state index contributed by atoms with van der Waals surface area (Å²) in [5.74, 6) is 0.398. The fourth-order valence-electron chi connectivity index (χ4n) is 5.11. The molecule has 2 heterocycles. The lowest BCUT2D eigenvalue weighted by molar-refractivity contribution is 0.0215. The predicted octanol–water partition coefficient (Wildman–Crippen LogP) is 6.59. The SMILES string of the molecule is C[C@H](N(Cc1ccc2c(c1)nc(N)n2C[C@H]1CCCN1C(=O)OC(C)(C)C)C(=O)OCc1ccccc1)C(C)(C)C. The summed E-state index contributed by atoms with van der Waals surface area (Å²) in [6.45, 7) is 15.8. The molecule has 0 unspecified atom stereocenters. The average molecular weight is 564 g/mol. The van der Waals surface area contributed by atoms with Crippen molar-refractivity contribution in [2.45, 2.75) is 98.7 Å². The minimum atomic E-state index is -0.548. The second kappa shape index (κ2) is 12.0. The molecule has 1 fully saturated rings. The number of anilines is 1. The van der Waals surface area contributed by atoms with Crippen LogP contribution < -0.4 is 5.73 Å². The van der Waals surface area contributed by atoms with Gasteiger partial charge in [0, 0.05) is 25.7 Å². The quantitative estimate of drug-likeness (QED) is 0.348. The van der Waals surface area contributed by atoms with Crippen molar-refractivity contribution in [2.75, 3.05) is 12.3 Å². The van der Waals surface area contributed by atoms with Gasteiger partial charge in [-0.25, -0.2) is 14.6 Å². The van der Waals surface area contributed by atoms with Crippen LogP contribution in [0, 0.1) is 5.41 Å². The highest BCUT2D eigenvalue weighted by atomic mass is 16.6. The summed E-state index contributed by atoms with van der Waals surface area (Å²) in [5, 5.41) is 0. The topological polar surface area (TPSA) is 103 Å². The summed E-state index contributed by atoms with van der Waals surface area (Å²) >= 11 is 0. The van der Waals surface area contributed by atoms with Crippen LogP contribution in [0.15, 0.2) is 48.5 Å². The number of rotatable bonds is 7. The maximum absolute atomic E-state index is 13.3. The van der Waals surface area contributed by atoms with Crippen LogP contribution in [0.3, 0.4) is 0 Å². The van der Waals surface area contributed by atoms with Crippen molar-refractivity contribution >= 4 is 29.2 Å². The van der Waals surface area contributed by atoms with Gasteiger partial charge in [-0.05, 0) is 69.2 Å². The molecular formula is C32H45N5O4. The number of aromatic nitrogens is 2. The van der Waals surface area contributed by atoms with Gasteiger partial charge >= 0.3 is 12.2 Å². The molecule has 2 amide bonds. The van der Waals surface area contributed by atoms with Gasteiger partial charge in [0.15, 0.2) is 0 Å². The molecule has 1 aromatic heterocycles. The normalized spacial score (nSPS) is 16.6. The number of nitrogen functional groups attached to an aromatic ring is 1. The van der Waals surface area contributed by atoms with Gasteiger partial charge in [-0.1, -0.05) is 57.2 Å². The molecular weight excluding hydrogens is 518 g/mol. The molecule has 2 N–H and O–H groups in total. The van der Waals surface area contributed by atoms with Gasteiger partial charge in [-0.2, -0.15) is 0 Å². The average Bonchev–Trinajstić information content (AvgIpc) is 3.48. The molecule has 0 saturated carbocycles. The van der Waals surface area contributed by atoms with Crippen LogP contribution in [-0.2, 0) is 29.2 Å². The van der Waals surface area contributed by atoms with E-state index in [2.05, 4.69) is 25.8 Å². The van der Waals surface area contributed by atoms with Crippen molar-refractivity contribution in [3.05, 3.63) is 59.7 Å². The molecule has 1 saturated heterocycles. The van der Waals surface area contributed by atoms with Gasteiger partial charge in [0.25, 0.3) is 0 Å². The predicted molar refractivity (Wildman–Crippen MR) is 161 cm³/mol. The summed E-state index contributed by atoms with van der Waals surface area (Å²) in [6.07, 6.45) is 1.15. The molecule has 222 valence electrons. The van der Waals surface area contributed by atoms with Gasteiger partial charge in [0.05, 0.1) is 17.1 Å². The number of carbonyl (C=O) groups is 2. The number of nitrogens with zero attached hydrogens (tertiary/aromatic N) is 4. The molecule has 41 heavy (non-hydrogen) atoms. The maximum atomic E-state index is 13.3. The van der Waals surface area contributed by atoms with Crippen molar-refractivity contribution < 1.29 is 19.1 Å². The first-order valence-corrected chi connectivity index (χ1v) is 14.4. The number of carbonyl (C=O) groups excluding carboxylic acids is 2. The molecule has 2 aromatic carbocycles. The Kier molecular flexibility index (Phi) is 8.85. The number of amides is 2. The lowest BCUT2D eigenvalue weighted by Crippen LogP contribution is -2.45. The zero-order valence-electron chi connectivity index (χ0n) is 25.5. The second-order valence-electron chi connectivity index (χ2n) is 13.1. The van der Waals surface area contributed by atoms with Gasteiger partial charge < -0.3 is 29.6 Å². The third-order valence-electron chi connectivity index (χ3n) is 7.75. The largest absolute Gasteiger partial charge is 0.445 e. The monoisotopic (exact) mass is 563 g/mol. The van der Waals surface area contributed by atoms with Crippen molar-refractivity contribution in [3.8, 4) is 0 Å². The maximum Gasteiger partial charge on any atom is 0.410 e. The smallest absolute Gasteiger partial charge is 0.410 e. The number of hydrogen-bond acceptors (Lipinski definition) is 6. The Hall–Kier alpha value is -3.75. The molecule has 0 bridgehead atoms. The van der Waals surface area contributed by atoms with E-state index in [4.69, 9.17) is 15.2 Å². The Labute approximate surface area is 243 Å². The van der Waals surface area contributed by atoms with Gasteiger partial charge in [0.2, 0.25) is 5.95 Å². The van der Waals surface area contributed by atoms with E-state index in [0.29, 0.717) is 25.6 Å². The van der Waals surface area contributed by atoms with E-state index in [1.807, 2.05) is 80.8 Å². The van der Waals surface area contributed by atoms with E-state index in [-0.39, 0.29) is 36.3 Å². The summed E-state index contributed by atoms with van der Waals surface area (Å²) in [4.78, 5) is 34.3. The van der Waals surface area contributed by atoms with E-state index >= 15 is 0 Å². The first-order valence-electron chi connectivity index (χ1n) is 14.4. The highest BCUT2D eigenvalue weighted by Crippen LogP contribution is 2.29. The van der Waals surface area contributed by atoms with Crippen molar-refractivity contribution in [1.29, 1.82) is 0 Å². The Morgan fingerprint density at radius 1 is 1.07 bits per heavy atom. The van der Waals surface area contributed by atoms with Crippen LogP contribution in [0.5, 0.6) is 0 Å². The van der Waals surface area contributed by atoms with Crippen LogP contribution in [0.1, 0.15) is 72.4 Å². The molecule has 3 aromatic rings. The van der Waals surface area contributed by atoms with Crippen LogP contribution >= 0.6 is 0 Å². The van der Waals surface area contributed by atoms with E-state index in [9.17, 15) is 9.59 Å². The Bertz CT molecular complexity index is 1360. The van der Waals surface area contributed by atoms with Crippen molar-refractivity contribution in [2.24, 2.45) is 5.41 Å². The summed E-state index contributed by atoms with van der Waals surface area (Å²) < 4.78 is 13.3. The van der Waals surface area contributed by atoms with Gasteiger partial charge in [-0.3, -0.25) is 0 Å². The highest BCUT2D eigenvalue weighted by Gasteiger charge is 2.34. The van der Waals surface area contributed by atoms with Crippen LogP contribution in [-0.4, -0.2) is 55.8 Å². The molecule has 1 aliphatic rings. The van der Waals surface area contributed by atoms with Gasteiger partial charge in [0.1, 0.15) is 12.2 Å². The molecule has 9 nitrogen and oxygen atoms in total. The molecule has 0 spiro atoms. The van der Waals surface area contributed by atoms with E-state index < -0.39 is 5.60 Å². The number of fused-ring (bicyclic) bond motifs is 1. The number of hydrogen-bond donors (Lipinski definition) is 1. The number of imidazole rings is 1. The van der Waals surface area contributed by atoms with E-state index in [0.717, 1.165) is 35.0 Å². The van der Waals surface area contributed by atoms with Crippen LogP contribution in [0.25, 0.3) is 11.0 Å². The third-order valence-corrected chi connectivity index (χ3v) is 7.75. The minimum Gasteiger partial charge on any atom is -0.445 e. The second-order valence-corrected chi connectivity index (χ2v) is 13.1. The lowest BCUT2D eigenvalue weighted by atomic mass is 9.87. The number of ether oxygens (including phenoxy) is 2. The minimum absolute atomic E-state index is 0.0215. The molecule has 2 atom stereocenters. The van der Waals surface area contributed by atoms with E-state index in [1.165, 1.54) is 0 Å². The lowest BCUT2D eigenvalue weighted by Gasteiger charge is -2.37.